The van der Waals surface area contributed by atoms with Crippen molar-refractivity contribution in [1.82, 2.24) is 4.57 Å². The van der Waals surface area contributed by atoms with Crippen molar-refractivity contribution in [2.75, 3.05) is 20.3 Å². The Morgan fingerprint density at radius 1 is 0.980 bits per heavy atom. The van der Waals surface area contributed by atoms with E-state index in [1.165, 1.54) is 18.4 Å². The lowest BCUT2D eigenvalue weighted by Crippen LogP contribution is -2.40. The molecule has 8 nitrogen and oxygen atoms in total. The third-order valence-corrected chi connectivity index (χ3v) is 9.52. The lowest BCUT2D eigenvalue weighted by atomic mass is 9.93. The average Bonchev–Trinajstić information content (AvgIpc) is 3.42. The van der Waals surface area contributed by atoms with Gasteiger partial charge in [-0.2, -0.15) is 0 Å². The SMILES string of the molecule is CCOC(=O)C1=C(c2ccccc2)N=c2s/c(=C\c3cc(Cl)c(OCc4ccc(Br)cc4)c(OC)c3)c(=O)n2[C@H]1c1ccc(OCC)cc1. The maximum atomic E-state index is 14.3. The monoisotopic (exact) mass is 758 g/mol. The second kappa shape index (κ2) is 15.3. The van der Waals surface area contributed by atoms with E-state index in [1.807, 2.05) is 85.8 Å². The molecule has 49 heavy (non-hydrogen) atoms. The molecule has 0 spiro atoms. The summed E-state index contributed by atoms with van der Waals surface area (Å²) in [6, 6.07) is 27.3. The summed E-state index contributed by atoms with van der Waals surface area (Å²) >= 11 is 11.4. The second-order valence-corrected chi connectivity index (χ2v) is 13.2. The molecule has 5 aromatic rings. The minimum atomic E-state index is -0.809. The lowest BCUT2D eigenvalue weighted by Gasteiger charge is -2.26. The first-order valence-corrected chi connectivity index (χ1v) is 17.6. The van der Waals surface area contributed by atoms with E-state index in [0.717, 1.165) is 15.6 Å². The van der Waals surface area contributed by atoms with Crippen LogP contribution in [0.3, 0.4) is 0 Å². The fourth-order valence-corrected chi connectivity index (χ4v) is 7.06. The first-order valence-electron chi connectivity index (χ1n) is 15.6. The molecular formula is C38H32BrClN2O6S. The number of carbonyl (C=O) groups excluding carboxylic acids is 1. The van der Waals surface area contributed by atoms with E-state index < -0.39 is 12.0 Å². The summed E-state index contributed by atoms with van der Waals surface area (Å²) in [4.78, 5) is 33.4. The number of benzene rings is 4. The standard InChI is InChI=1S/C38H32BrClN2O6S/c1-4-46-28-17-13-26(14-18-28)34-32(37(44)47-5-2)33(25-9-7-6-8-10-25)41-38-42(34)36(43)31(49-38)21-24-19-29(40)35(30(20-24)45-3)48-22-23-11-15-27(39)16-12-23/h6-21,34H,4-5,22H2,1-3H3/b31-21-/t34-/m0/s1. The van der Waals surface area contributed by atoms with Crippen LogP contribution in [0.5, 0.6) is 17.2 Å². The molecule has 0 saturated carbocycles. The number of ether oxygens (including phenoxy) is 4. The summed E-state index contributed by atoms with van der Waals surface area (Å²) in [5, 5.41) is 0.332. The van der Waals surface area contributed by atoms with Crippen LogP contribution in [-0.2, 0) is 16.1 Å². The quantitative estimate of drug-likeness (QED) is 0.131. The van der Waals surface area contributed by atoms with E-state index in [4.69, 9.17) is 35.5 Å². The van der Waals surface area contributed by atoms with Crippen molar-refractivity contribution in [1.29, 1.82) is 0 Å². The van der Waals surface area contributed by atoms with E-state index in [-0.39, 0.29) is 17.7 Å². The molecule has 1 atom stereocenters. The maximum absolute atomic E-state index is 14.3. The van der Waals surface area contributed by atoms with Crippen molar-refractivity contribution in [2.24, 2.45) is 4.99 Å². The number of rotatable bonds is 11. The largest absolute Gasteiger partial charge is 0.494 e. The van der Waals surface area contributed by atoms with Crippen LogP contribution in [0.1, 0.15) is 42.1 Å². The van der Waals surface area contributed by atoms with Gasteiger partial charge < -0.3 is 18.9 Å². The van der Waals surface area contributed by atoms with Gasteiger partial charge in [-0.15, -0.1) is 0 Å². The van der Waals surface area contributed by atoms with Crippen molar-refractivity contribution in [3.05, 3.63) is 148 Å². The Labute approximate surface area is 300 Å². The molecule has 1 aliphatic heterocycles. The predicted molar refractivity (Wildman–Crippen MR) is 195 cm³/mol. The summed E-state index contributed by atoms with van der Waals surface area (Å²) < 4.78 is 25.9. The fraction of sp³-hybridized carbons (Fsp3) is 0.184. The number of nitrogens with zero attached hydrogens (tertiary/aromatic N) is 2. The van der Waals surface area contributed by atoms with E-state index in [0.29, 0.717) is 61.6 Å². The van der Waals surface area contributed by atoms with Crippen molar-refractivity contribution in [3.8, 4) is 17.2 Å². The molecule has 0 radical (unpaired) electrons. The maximum Gasteiger partial charge on any atom is 0.338 e. The zero-order chi connectivity index (χ0) is 34.5. The first-order chi connectivity index (χ1) is 23.8. The topological polar surface area (TPSA) is 88.4 Å². The normalized spacial score (nSPS) is 14.2. The Morgan fingerprint density at radius 3 is 2.39 bits per heavy atom. The molecule has 2 heterocycles. The van der Waals surface area contributed by atoms with Crippen molar-refractivity contribution < 1.29 is 23.7 Å². The van der Waals surface area contributed by atoms with Gasteiger partial charge in [-0.25, -0.2) is 9.79 Å². The molecule has 250 valence electrons. The van der Waals surface area contributed by atoms with Gasteiger partial charge >= 0.3 is 5.97 Å². The van der Waals surface area contributed by atoms with Crippen LogP contribution in [0, 0.1) is 0 Å². The third-order valence-electron chi connectivity index (χ3n) is 7.73. The highest BCUT2D eigenvalue weighted by molar-refractivity contribution is 9.10. The number of hydrogen-bond donors (Lipinski definition) is 0. The molecule has 6 rings (SSSR count). The van der Waals surface area contributed by atoms with Gasteiger partial charge in [0.25, 0.3) is 5.56 Å². The highest BCUT2D eigenvalue weighted by Crippen LogP contribution is 2.38. The number of carbonyl (C=O) groups is 1. The summed E-state index contributed by atoms with van der Waals surface area (Å²) in [6.07, 6.45) is 1.74. The van der Waals surface area contributed by atoms with Gasteiger partial charge in [-0.3, -0.25) is 9.36 Å². The third kappa shape index (κ3) is 7.36. The zero-order valence-electron chi connectivity index (χ0n) is 26.9. The summed E-state index contributed by atoms with van der Waals surface area (Å²) in [6.45, 7) is 4.62. The van der Waals surface area contributed by atoms with Crippen LogP contribution in [0.25, 0.3) is 11.8 Å². The Kier molecular flexibility index (Phi) is 10.7. The molecule has 1 aliphatic rings. The Hall–Kier alpha value is -4.64. The van der Waals surface area contributed by atoms with Crippen LogP contribution in [0.4, 0.5) is 0 Å². The van der Waals surface area contributed by atoms with Gasteiger partial charge in [0.1, 0.15) is 12.4 Å². The number of esters is 1. The molecule has 0 aliphatic carbocycles. The zero-order valence-corrected chi connectivity index (χ0v) is 30.1. The van der Waals surface area contributed by atoms with Crippen LogP contribution >= 0.6 is 38.9 Å². The van der Waals surface area contributed by atoms with E-state index in [9.17, 15) is 9.59 Å². The van der Waals surface area contributed by atoms with Gasteiger partial charge in [0.15, 0.2) is 16.3 Å². The van der Waals surface area contributed by atoms with E-state index in [1.54, 1.807) is 29.7 Å². The predicted octanol–water partition coefficient (Wildman–Crippen LogP) is 7.34. The number of halogens is 2. The number of methoxy groups -OCH3 is 1. The molecule has 1 aromatic heterocycles. The van der Waals surface area contributed by atoms with E-state index in [2.05, 4.69) is 15.9 Å². The summed E-state index contributed by atoms with van der Waals surface area (Å²) in [5.74, 6) is 0.951. The van der Waals surface area contributed by atoms with Gasteiger partial charge in [0.2, 0.25) is 0 Å². The molecule has 11 heteroatoms. The van der Waals surface area contributed by atoms with Gasteiger partial charge in [-0.1, -0.05) is 93.5 Å². The van der Waals surface area contributed by atoms with Crippen LogP contribution in [-0.4, -0.2) is 30.9 Å². The number of fused-ring (bicyclic) bond motifs is 1. The van der Waals surface area contributed by atoms with Gasteiger partial charge in [0.05, 0.1) is 47.2 Å². The minimum absolute atomic E-state index is 0.163. The molecule has 4 aromatic carbocycles. The first kappa shape index (κ1) is 34.2. The number of aromatic nitrogens is 1. The van der Waals surface area contributed by atoms with Crippen molar-refractivity contribution in [2.45, 2.75) is 26.5 Å². The summed E-state index contributed by atoms with van der Waals surface area (Å²) in [5.41, 5.74) is 3.44. The van der Waals surface area contributed by atoms with Crippen LogP contribution in [0.15, 0.2) is 111 Å². The summed E-state index contributed by atoms with van der Waals surface area (Å²) in [7, 11) is 1.54. The van der Waals surface area contributed by atoms with Crippen LogP contribution < -0.4 is 29.1 Å². The minimum Gasteiger partial charge on any atom is -0.494 e. The number of hydrogen-bond acceptors (Lipinski definition) is 8. The second-order valence-electron chi connectivity index (χ2n) is 10.9. The Balaban J connectivity index is 1.48. The molecule has 0 fully saturated rings. The Bertz CT molecular complexity index is 2200. The van der Waals surface area contributed by atoms with Gasteiger partial charge in [0, 0.05) is 10.0 Å². The molecule has 0 unspecified atom stereocenters. The fourth-order valence-electron chi connectivity index (χ4n) is 5.52. The lowest BCUT2D eigenvalue weighted by molar-refractivity contribution is -0.138. The smallest absolute Gasteiger partial charge is 0.338 e. The molecule has 0 N–H and O–H groups in total. The highest BCUT2D eigenvalue weighted by Gasteiger charge is 2.35. The molecule has 0 amide bonds. The van der Waals surface area contributed by atoms with Gasteiger partial charge in [-0.05, 0) is 73.0 Å². The molecular weight excluding hydrogens is 728 g/mol. The Morgan fingerprint density at radius 2 is 1.71 bits per heavy atom. The van der Waals surface area contributed by atoms with Crippen molar-refractivity contribution >= 4 is 56.6 Å². The average molecular weight is 760 g/mol. The van der Waals surface area contributed by atoms with E-state index >= 15 is 0 Å². The molecule has 0 bridgehead atoms. The number of thiazole rings is 1. The van der Waals surface area contributed by atoms with Crippen molar-refractivity contribution in [3.63, 3.8) is 0 Å². The van der Waals surface area contributed by atoms with Crippen LogP contribution in [0.2, 0.25) is 5.02 Å². The molecule has 0 saturated heterocycles. The highest BCUT2D eigenvalue weighted by atomic mass is 79.9.